The lowest BCUT2D eigenvalue weighted by Crippen LogP contribution is -2.26. The van der Waals surface area contributed by atoms with E-state index in [1.807, 2.05) is 13.1 Å². The van der Waals surface area contributed by atoms with Crippen LogP contribution >= 0.6 is 0 Å². The van der Waals surface area contributed by atoms with Gasteiger partial charge in [0.25, 0.3) is 5.91 Å². The number of rotatable bonds is 5. The molecule has 2 N–H and O–H groups in total. The van der Waals surface area contributed by atoms with Crippen LogP contribution in [0, 0.1) is 0 Å². The van der Waals surface area contributed by atoms with Gasteiger partial charge in [0.15, 0.2) is 0 Å². The van der Waals surface area contributed by atoms with Gasteiger partial charge in [0.05, 0.1) is 12.7 Å². The molecule has 0 aliphatic heterocycles. The van der Waals surface area contributed by atoms with Crippen molar-refractivity contribution < 1.29 is 14.6 Å². The highest BCUT2D eigenvalue weighted by Gasteiger charge is 2.11. The standard InChI is InChI=1S/C14H17N3O3/c1-17-10(6-8-16-17)5-7-15-14(19)12-4-3-11(20-2)9-13(12)18/h3-4,6,8-9,18H,5,7H2,1-2H3,(H,15,19). The Morgan fingerprint density at radius 3 is 2.85 bits per heavy atom. The molecule has 6 nitrogen and oxygen atoms in total. The summed E-state index contributed by atoms with van der Waals surface area (Å²) in [4.78, 5) is 11.9. The van der Waals surface area contributed by atoms with Crippen LogP contribution in [0.25, 0.3) is 0 Å². The van der Waals surface area contributed by atoms with E-state index in [0.29, 0.717) is 18.7 Å². The van der Waals surface area contributed by atoms with Crippen LogP contribution in [-0.4, -0.2) is 34.4 Å². The van der Waals surface area contributed by atoms with E-state index in [-0.39, 0.29) is 17.2 Å². The molecular formula is C14H17N3O3. The molecule has 6 heteroatoms. The largest absolute Gasteiger partial charge is 0.507 e. The molecule has 1 aromatic carbocycles. The summed E-state index contributed by atoms with van der Waals surface area (Å²) < 4.78 is 6.73. The summed E-state index contributed by atoms with van der Waals surface area (Å²) in [6.07, 6.45) is 2.39. The van der Waals surface area contributed by atoms with Crippen molar-refractivity contribution in [3.8, 4) is 11.5 Å². The summed E-state index contributed by atoms with van der Waals surface area (Å²) >= 11 is 0. The van der Waals surface area contributed by atoms with E-state index < -0.39 is 0 Å². The predicted octanol–water partition coefficient (Wildman–Crippen LogP) is 1.11. The summed E-state index contributed by atoms with van der Waals surface area (Å²) in [5.41, 5.74) is 1.26. The van der Waals surface area contributed by atoms with Crippen LogP contribution in [0.4, 0.5) is 0 Å². The normalized spacial score (nSPS) is 10.3. The lowest BCUT2D eigenvalue weighted by atomic mass is 10.1. The number of aromatic nitrogens is 2. The van der Waals surface area contributed by atoms with E-state index in [1.165, 1.54) is 19.2 Å². The molecule has 0 spiro atoms. The number of benzene rings is 1. The van der Waals surface area contributed by atoms with Crippen LogP contribution in [0.1, 0.15) is 16.1 Å². The SMILES string of the molecule is COc1ccc(C(=O)NCCc2ccnn2C)c(O)c1. The molecule has 20 heavy (non-hydrogen) atoms. The van der Waals surface area contributed by atoms with Gasteiger partial charge in [-0.05, 0) is 18.2 Å². The second-order valence-corrected chi connectivity index (χ2v) is 4.34. The van der Waals surface area contributed by atoms with Crippen molar-refractivity contribution in [3.05, 3.63) is 41.7 Å². The molecule has 0 atom stereocenters. The van der Waals surface area contributed by atoms with Gasteiger partial charge < -0.3 is 15.2 Å². The minimum Gasteiger partial charge on any atom is -0.507 e. The number of methoxy groups -OCH3 is 1. The number of hydrogen-bond acceptors (Lipinski definition) is 4. The van der Waals surface area contributed by atoms with Crippen LogP contribution in [0.2, 0.25) is 0 Å². The average molecular weight is 275 g/mol. The average Bonchev–Trinajstić information content (AvgIpc) is 2.84. The molecule has 0 saturated heterocycles. The zero-order valence-corrected chi connectivity index (χ0v) is 11.5. The van der Waals surface area contributed by atoms with E-state index in [9.17, 15) is 9.90 Å². The molecule has 0 bridgehead atoms. The molecule has 0 radical (unpaired) electrons. The Morgan fingerprint density at radius 1 is 1.45 bits per heavy atom. The highest BCUT2D eigenvalue weighted by Crippen LogP contribution is 2.23. The number of phenols is 1. The number of hydrogen-bond donors (Lipinski definition) is 2. The van der Waals surface area contributed by atoms with Crippen molar-refractivity contribution in [1.82, 2.24) is 15.1 Å². The first-order valence-electron chi connectivity index (χ1n) is 6.24. The van der Waals surface area contributed by atoms with Crippen LogP contribution in [0.15, 0.2) is 30.5 Å². The third-order valence-corrected chi connectivity index (χ3v) is 3.04. The van der Waals surface area contributed by atoms with Gasteiger partial charge in [-0.15, -0.1) is 0 Å². The Balaban J connectivity index is 1.93. The van der Waals surface area contributed by atoms with Gasteiger partial charge in [0.1, 0.15) is 11.5 Å². The van der Waals surface area contributed by atoms with Crippen molar-refractivity contribution in [2.45, 2.75) is 6.42 Å². The Hall–Kier alpha value is -2.50. The maximum atomic E-state index is 11.9. The Morgan fingerprint density at radius 2 is 2.25 bits per heavy atom. The number of aryl methyl sites for hydroxylation is 1. The predicted molar refractivity (Wildman–Crippen MR) is 73.9 cm³/mol. The number of nitrogens with one attached hydrogen (secondary N) is 1. The molecule has 2 rings (SSSR count). The van der Waals surface area contributed by atoms with Gasteiger partial charge in [-0.3, -0.25) is 9.48 Å². The van der Waals surface area contributed by atoms with Crippen LogP contribution in [0.3, 0.4) is 0 Å². The van der Waals surface area contributed by atoms with Crippen molar-refractivity contribution >= 4 is 5.91 Å². The van der Waals surface area contributed by atoms with Gasteiger partial charge >= 0.3 is 0 Å². The molecule has 1 amide bonds. The van der Waals surface area contributed by atoms with Crippen molar-refractivity contribution in [3.63, 3.8) is 0 Å². The van der Waals surface area contributed by atoms with Crippen LogP contribution in [-0.2, 0) is 13.5 Å². The van der Waals surface area contributed by atoms with E-state index in [1.54, 1.807) is 16.9 Å². The fourth-order valence-electron chi connectivity index (χ4n) is 1.88. The number of carbonyl (C=O) groups excluding carboxylic acids is 1. The fourth-order valence-corrected chi connectivity index (χ4v) is 1.88. The number of ether oxygens (including phenoxy) is 1. The van der Waals surface area contributed by atoms with Gasteiger partial charge in [-0.1, -0.05) is 0 Å². The molecule has 0 fully saturated rings. The number of carbonyl (C=O) groups is 1. The van der Waals surface area contributed by atoms with Crippen molar-refractivity contribution in [2.24, 2.45) is 7.05 Å². The lowest BCUT2D eigenvalue weighted by molar-refractivity contribution is 0.0951. The Bertz CT molecular complexity index is 607. The zero-order chi connectivity index (χ0) is 14.5. The summed E-state index contributed by atoms with van der Waals surface area (Å²) in [7, 11) is 3.36. The summed E-state index contributed by atoms with van der Waals surface area (Å²) in [6.45, 7) is 0.476. The van der Waals surface area contributed by atoms with Crippen molar-refractivity contribution in [2.75, 3.05) is 13.7 Å². The smallest absolute Gasteiger partial charge is 0.255 e. The second kappa shape index (κ2) is 6.10. The van der Waals surface area contributed by atoms with Crippen LogP contribution in [0.5, 0.6) is 11.5 Å². The van der Waals surface area contributed by atoms with Gasteiger partial charge in [0, 0.05) is 38.0 Å². The monoisotopic (exact) mass is 275 g/mol. The van der Waals surface area contributed by atoms with E-state index in [2.05, 4.69) is 10.4 Å². The highest BCUT2D eigenvalue weighted by atomic mass is 16.5. The molecule has 2 aromatic rings. The second-order valence-electron chi connectivity index (χ2n) is 4.34. The fraction of sp³-hybridized carbons (Fsp3) is 0.286. The molecular weight excluding hydrogens is 258 g/mol. The maximum Gasteiger partial charge on any atom is 0.255 e. The molecule has 1 heterocycles. The topological polar surface area (TPSA) is 76.4 Å². The molecule has 0 saturated carbocycles. The first-order valence-corrected chi connectivity index (χ1v) is 6.24. The Labute approximate surface area is 117 Å². The third kappa shape index (κ3) is 3.09. The number of amides is 1. The Kier molecular flexibility index (Phi) is 4.24. The zero-order valence-electron chi connectivity index (χ0n) is 11.5. The summed E-state index contributed by atoms with van der Waals surface area (Å²) in [5, 5.41) is 16.6. The van der Waals surface area contributed by atoms with Crippen LogP contribution < -0.4 is 10.1 Å². The number of aromatic hydroxyl groups is 1. The molecule has 106 valence electrons. The minimum absolute atomic E-state index is 0.0950. The quantitative estimate of drug-likeness (QED) is 0.857. The maximum absolute atomic E-state index is 11.9. The molecule has 0 unspecified atom stereocenters. The van der Waals surface area contributed by atoms with E-state index in [4.69, 9.17) is 4.74 Å². The minimum atomic E-state index is -0.313. The first-order chi connectivity index (χ1) is 9.61. The lowest BCUT2D eigenvalue weighted by Gasteiger charge is -2.08. The number of phenolic OH excluding ortho intramolecular Hbond substituents is 1. The summed E-state index contributed by atoms with van der Waals surface area (Å²) in [5.74, 6) is 0.101. The van der Waals surface area contributed by atoms with E-state index in [0.717, 1.165) is 5.69 Å². The van der Waals surface area contributed by atoms with Gasteiger partial charge in [0.2, 0.25) is 0 Å². The summed E-state index contributed by atoms with van der Waals surface area (Å²) in [6, 6.07) is 6.48. The molecule has 0 aliphatic carbocycles. The number of nitrogens with zero attached hydrogens (tertiary/aromatic N) is 2. The molecule has 1 aromatic heterocycles. The van der Waals surface area contributed by atoms with Crippen molar-refractivity contribution in [1.29, 1.82) is 0 Å². The van der Waals surface area contributed by atoms with E-state index >= 15 is 0 Å². The van der Waals surface area contributed by atoms with Gasteiger partial charge in [-0.2, -0.15) is 5.10 Å². The van der Waals surface area contributed by atoms with Gasteiger partial charge in [-0.25, -0.2) is 0 Å². The third-order valence-electron chi connectivity index (χ3n) is 3.04. The first kappa shape index (κ1) is 13.9. The molecule has 0 aliphatic rings. The highest BCUT2D eigenvalue weighted by molar-refractivity contribution is 5.96.